The molecule has 0 N–H and O–H groups in total. The highest BCUT2D eigenvalue weighted by Crippen LogP contribution is 2.77. The summed E-state index contributed by atoms with van der Waals surface area (Å²) in [5.41, 5.74) is 0.0786. The lowest BCUT2D eigenvalue weighted by atomic mass is 9.84. The number of non-ortho nitro benzene ring substituents is 1. The minimum atomic E-state index is -2.14. The number of carbonyl (C=O) groups excluding carboxylic acids is 3. The number of rotatable bonds is 5. The molecule has 2 aliphatic carbocycles. The molecule has 8 nitrogen and oxygen atoms in total. The molecule has 4 atom stereocenters. The van der Waals surface area contributed by atoms with Crippen LogP contribution in [0.3, 0.4) is 0 Å². The number of hydrogen-bond acceptors (Lipinski definition) is 5. The molecule has 3 amide bonds. The van der Waals surface area contributed by atoms with Gasteiger partial charge in [-0.25, -0.2) is 5.01 Å². The van der Waals surface area contributed by atoms with Crippen LogP contribution in [0, 0.1) is 22.0 Å². The molecule has 2 bridgehead atoms. The topological polar surface area (TPSA) is 101 Å². The van der Waals surface area contributed by atoms with Crippen LogP contribution in [0.5, 0.6) is 0 Å². The third kappa shape index (κ3) is 3.41. The quantitative estimate of drug-likeness (QED) is 0.164. The van der Waals surface area contributed by atoms with Gasteiger partial charge in [-0.05, 0) is 23.8 Å². The molecule has 0 spiro atoms. The Balaban J connectivity index is 1.61. The summed E-state index contributed by atoms with van der Waals surface area (Å²) in [5, 5.41) is 12.2. The minimum Gasteiger partial charge on any atom is -0.272 e. The Morgan fingerprint density at radius 3 is 1.87 bits per heavy atom. The maximum atomic E-state index is 13.9. The van der Waals surface area contributed by atoms with Crippen LogP contribution in [0.15, 0.2) is 58.6 Å². The van der Waals surface area contributed by atoms with E-state index < -0.39 is 48.6 Å². The zero-order valence-corrected chi connectivity index (χ0v) is 23.8. The Morgan fingerprint density at radius 1 is 0.895 bits per heavy atom. The van der Waals surface area contributed by atoms with Gasteiger partial charge in [0.15, 0.2) is 4.33 Å². The van der Waals surface area contributed by atoms with Crippen molar-refractivity contribution in [2.75, 3.05) is 0 Å². The molecule has 2 aromatic carbocycles. The van der Waals surface area contributed by atoms with Crippen LogP contribution in [0.2, 0.25) is 5.02 Å². The van der Waals surface area contributed by atoms with Crippen molar-refractivity contribution >= 4 is 105 Å². The van der Waals surface area contributed by atoms with Gasteiger partial charge >= 0.3 is 0 Å². The molecule has 3 aliphatic rings. The lowest BCUT2D eigenvalue weighted by Crippen LogP contribution is -2.55. The molecule has 1 heterocycles. The fourth-order valence-electron chi connectivity index (χ4n) is 5.11. The summed E-state index contributed by atoms with van der Waals surface area (Å²) >= 11 is 45.6. The molecular formula is C23H12Cl7N3O5. The molecule has 2 aromatic rings. The molecule has 1 saturated heterocycles. The van der Waals surface area contributed by atoms with E-state index in [9.17, 15) is 24.5 Å². The number of carbonyl (C=O) groups is 3. The predicted octanol–water partition coefficient (Wildman–Crippen LogP) is 6.25. The van der Waals surface area contributed by atoms with Crippen molar-refractivity contribution in [3.8, 4) is 0 Å². The van der Waals surface area contributed by atoms with Gasteiger partial charge in [0.1, 0.15) is 9.75 Å². The fourth-order valence-corrected chi connectivity index (χ4v) is 8.24. The number of alkyl halides is 4. The first kappa shape index (κ1) is 27.8. The van der Waals surface area contributed by atoms with E-state index in [-0.39, 0.29) is 32.9 Å². The first-order valence-electron chi connectivity index (χ1n) is 10.7. The van der Waals surface area contributed by atoms with Crippen molar-refractivity contribution in [1.82, 2.24) is 10.0 Å². The highest BCUT2D eigenvalue weighted by atomic mass is 35.5. The first-order chi connectivity index (χ1) is 17.7. The third-order valence-corrected chi connectivity index (χ3v) is 11.6. The van der Waals surface area contributed by atoms with Crippen molar-refractivity contribution in [2.45, 2.75) is 20.6 Å². The van der Waals surface area contributed by atoms with Crippen LogP contribution in [0.25, 0.3) is 0 Å². The van der Waals surface area contributed by atoms with Gasteiger partial charge in [-0.3, -0.25) is 24.5 Å². The number of nitrogens with zero attached hydrogens (tertiary/aromatic N) is 3. The number of hydrazine groups is 1. The number of hydrogen-bond donors (Lipinski definition) is 0. The summed E-state index contributed by atoms with van der Waals surface area (Å²) in [4.78, 5) is 47.8. The molecule has 38 heavy (non-hydrogen) atoms. The third-order valence-electron chi connectivity index (χ3n) is 6.96. The van der Waals surface area contributed by atoms with E-state index in [4.69, 9.17) is 81.2 Å². The zero-order chi connectivity index (χ0) is 27.9. The smallest absolute Gasteiger partial charge is 0.272 e. The Kier molecular flexibility index (Phi) is 6.67. The van der Waals surface area contributed by atoms with E-state index in [0.29, 0.717) is 10.6 Å². The average Bonchev–Trinajstić information content (AvgIpc) is 3.26. The number of halogens is 7. The average molecular weight is 659 g/mol. The molecule has 15 heteroatoms. The second-order valence-corrected chi connectivity index (χ2v) is 12.5. The van der Waals surface area contributed by atoms with Crippen LogP contribution in [0.4, 0.5) is 5.69 Å². The van der Waals surface area contributed by atoms with Gasteiger partial charge in [-0.15, -0.1) is 23.2 Å². The summed E-state index contributed by atoms with van der Waals surface area (Å²) in [6.45, 7) is -0.335. The van der Waals surface area contributed by atoms with Crippen molar-refractivity contribution in [3.05, 3.63) is 84.9 Å². The maximum absolute atomic E-state index is 13.9. The summed E-state index contributed by atoms with van der Waals surface area (Å²) in [5.74, 6) is -5.63. The van der Waals surface area contributed by atoms with Crippen LogP contribution in [-0.4, -0.2) is 46.7 Å². The number of benzene rings is 2. The molecule has 0 unspecified atom stereocenters. The Bertz CT molecular complexity index is 1420. The molecule has 1 saturated carbocycles. The summed E-state index contributed by atoms with van der Waals surface area (Å²) in [6.07, 6.45) is 0. The Labute approximate surface area is 250 Å². The van der Waals surface area contributed by atoms with Crippen LogP contribution >= 0.6 is 81.2 Å². The van der Waals surface area contributed by atoms with Crippen molar-refractivity contribution in [3.63, 3.8) is 0 Å². The van der Waals surface area contributed by atoms with Crippen molar-refractivity contribution in [1.29, 1.82) is 0 Å². The lowest BCUT2D eigenvalue weighted by molar-refractivity contribution is -0.384. The lowest BCUT2D eigenvalue weighted by Gasteiger charge is -2.37. The van der Waals surface area contributed by atoms with Crippen molar-refractivity contribution < 1.29 is 19.3 Å². The van der Waals surface area contributed by atoms with E-state index >= 15 is 0 Å². The number of allylic oxidation sites excluding steroid dienone is 2. The molecular weight excluding hydrogens is 646 g/mol. The Hall–Kier alpha value is -1.78. The molecule has 0 aromatic heterocycles. The number of nitro benzene ring substituents is 1. The highest BCUT2D eigenvalue weighted by Gasteiger charge is 2.88. The fraction of sp³-hybridized carbons (Fsp3) is 0.261. The second kappa shape index (κ2) is 9.13. The van der Waals surface area contributed by atoms with Gasteiger partial charge in [0.25, 0.3) is 23.4 Å². The van der Waals surface area contributed by atoms with E-state index in [1.54, 1.807) is 24.3 Å². The first-order valence-corrected chi connectivity index (χ1v) is 13.3. The summed E-state index contributed by atoms with van der Waals surface area (Å²) < 4.78 is -2.14. The number of amides is 3. The number of fused-ring (bicyclic) bond motifs is 5. The largest absolute Gasteiger partial charge is 0.273 e. The van der Waals surface area contributed by atoms with Crippen LogP contribution in [-0.2, 0) is 16.1 Å². The molecule has 2 fully saturated rings. The van der Waals surface area contributed by atoms with Gasteiger partial charge < -0.3 is 0 Å². The molecule has 1 aliphatic heterocycles. The predicted molar refractivity (Wildman–Crippen MR) is 144 cm³/mol. The van der Waals surface area contributed by atoms with Crippen LogP contribution in [0.1, 0.15) is 15.9 Å². The SMILES string of the molecule is O=C(c1ccc([N+](=O)[O-])cc1)N(Cc1ccccc1Cl)N1C(=O)[C@@H]2[C@H](C1=O)[C@@]1(Cl)C(Cl)=C(Cl)[C@@]2(Cl)C1(Cl)Cl. The molecule has 5 rings (SSSR count). The standard InChI is InChI=1S/C23H12Cl7N3O5/c24-13-4-2-1-3-11(13)9-31(18(34)10-5-7-12(8-6-10)33(37)38)32-19(35)14-15(20(32)36)22(28)17(26)16(25)21(14,27)23(22,29)30/h1-8,14-15H,9H2/t14-,15+,21-,22-/m1/s1. The van der Waals surface area contributed by atoms with Gasteiger partial charge in [0.05, 0.1) is 33.4 Å². The van der Waals surface area contributed by atoms with Crippen molar-refractivity contribution in [2.24, 2.45) is 11.8 Å². The maximum Gasteiger partial charge on any atom is 0.273 e. The van der Waals surface area contributed by atoms with Crippen LogP contribution < -0.4 is 0 Å². The molecule has 198 valence electrons. The zero-order valence-electron chi connectivity index (χ0n) is 18.5. The highest BCUT2D eigenvalue weighted by molar-refractivity contribution is 6.66. The van der Waals surface area contributed by atoms with E-state index in [2.05, 4.69) is 0 Å². The van der Waals surface area contributed by atoms with E-state index in [0.717, 1.165) is 17.1 Å². The number of nitro groups is 1. The molecule has 0 radical (unpaired) electrons. The van der Waals surface area contributed by atoms with E-state index in [1.165, 1.54) is 12.1 Å². The van der Waals surface area contributed by atoms with Gasteiger partial charge in [0, 0.05) is 22.7 Å². The summed E-state index contributed by atoms with van der Waals surface area (Å²) in [6, 6.07) is 11.1. The second-order valence-electron chi connectivity index (χ2n) is 8.83. The monoisotopic (exact) mass is 655 g/mol. The Morgan fingerprint density at radius 2 is 1.39 bits per heavy atom. The summed E-state index contributed by atoms with van der Waals surface area (Å²) in [7, 11) is 0. The van der Waals surface area contributed by atoms with Gasteiger partial charge in [-0.1, -0.05) is 76.2 Å². The normalized spacial score (nSPS) is 29.2. The van der Waals surface area contributed by atoms with E-state index in [1.807, 2.05) is 0 Å². The van der Waals surface area contributed by atoms with Gasteiger partial charge in [0.2, 0.25) is 0 Å². The van der Waals surface area contributed by atoms with Gasteiger partial charge in [-0.2, -0.15) is 5.01 Å². The number of imide groups is 1. The minimum absolute atomic E-state index is 0.0531.